The number of nitrogens with one attached hydrogen (secondary N) is 1. The summed E-state index contributed by atoms with van der Waals surface area (Å²) in [5.74, 6) is 0.468. The molecule has 3 aromatic rings. The summed E-state index contributed by atoms with van der Waals surface area (Å²) in [6.07, 6.45) is 1.63. The van der Waals surface area contributed by atoms with Crippen molar-refractivity contribution in [1.29, 1.82) is 0 Å². The number of nitro groups is 1. The smallest absolute Gasteiger partial charge is 0.276 e. The molecule has 0 spiro atoms. The molecule has 2 aromatic carbocycles. The van der Waals surface area contributed by atoms with E-state index in [2.05, 4.69) is 10.4 Å². The summed E-state index contributed by atoms with van der Waals surface area (Å²) < 4.78 is 12.4. The second-order valence-corrected chi connectivity index (χ2v) is 6.38. The second kappa shape index (κ2) is 8.42. The van der Waals surface area contributed by atoms with Crippen LogP contribution in [0.15, 0.2) is 48.7 Å². The molecule has 9 heteroatoms. The molecule has 0 aliphatic rings. The minimum Gasteiger partial charge on any atom is -0.494 e. The molecule has 0 atom stereocenters. The number of aryl methyl sites for hydroxylation is 2. The first-order chi connectivity index (χ1) is 13.9. The van der Waals surface area contributed by atoms with Gasteiger partial charge in [-0.05, 0) is 43.2 Å². The average molecular weight is 396 g/mol. The molecule has 0 saturated carbocycles. The maximum absolute atomic E-state index is 12.5. The van der Waals surface area contributed by atoms with Crippen molar-refractivity contribution >= 4 is 17.3 Å². The first-order valence-corrected chi connectivity index (χ1v) is 8.74. The molecular weight excluding hydrogens is 376 g/mol. The fraction of sp³-hybridized carbons (Fsp3) is 0.200. The Morgan fingerprint density at radius 1 is 1.17 bits per heavy atom. The number of hydrogen-bond acceptors (Lipinski definition) is 6. The lowest BCUT2D eigenvalue weighted by Gasteiger charge is -2.10. The molecule has 1 amide bonds. The van der Waals surface area contributed by atoms with E-state index in [1.165, 1.54) is 30.0 Å². The Hall–Kier alpha value is -3.88. The van der Waals surface area contributed by atoms with Gasteiger partial charge in [-0.25, -0.2) is 4.68 Å². The summed E-state index contributed by atoms with van der Waals surface area (Å²) in [7, 11) is 1.37. The summed E-state index contributed by atoms with van der Waals surface area (Å²) in [4.78, 5) is 22.8. The number of anilines is 1. The van der Waals surface area contributed by atoms with Crippen LogP contribution in [0.4, 0.5) is 11.4 Å². The number of methoxy groups -OCH3 is 1. The van der Waals surface area contributed by atoms with Crippen LogP contribution in [0.3, 0.4) is 0 Å². The normalized spacial score (nSPS) is 10.4. The third-order valence-corrected chi connectivity index (χ3v) is 4.21. The van der Waals surface area contributed by atoms with Gasteiger partial charge in [0.25, 0.3) is 11.6 Å². The lowest BCUT2D eigenvalue weighted by atomic mass is 10.1. The molecule has 1 heterocycles. The third-order valence-electron chi connectivity index (χ3n) is 4.21. The maximum Gasteiger partial charge on any atom is 0.276 e. The van der Waals surface area contributed by atoms with Crippen molar-refractivity contribution in [2.45, 2.75) is 20.6 Å². The first-order valence-electron chi connectivity index (χ1n) is 8.74. The van der Waals surface area contributed by atoms with Gasteiger partial charge in [0.2, 0.25) is 0 Å². The molecule has 29 heavy (non-hydrogen) atoms. The van der Waals surface area contributed by atoms with E-state index < -0.39 is 10.8 Å². The Labute approximate surface area is 167 Å². The lowest BCUT2D eigenvalue weighted by Crippen LogP contribution is -2.15. The van der Waals surface area contributed by atoms with Crippen LogP contribution < -0.4 is 14.8 Å². The molecule has 9 nitrogen and oxygen atoms in total. The van der Waals surface area contributed by atoms with Crippen LogP contribution in [-0.2, 0) is 6.73 Å². The van der Waals surface area contributed by atoms with Crippen molar-refractivity contribution in [3.63, 3.8) is 0 Å². The number of ether oxygens (including phenoxy) is 2. The SMILES string of the molecule is COc1cc([N+](=O)[O-])ccc1NC(=O)c1ccn(COc2cc(C)ccc2C)n1. The van der Waals surface area contributed by atoms with Gasteiger partial charge in [-0.15, -0.1) is 0 Å². The van der Waals surface area contributed by atoms with Crippen LogP contribution in [0.2, 0.25) is 0 Å². The Bertz CT molecular complexity index is 1060. The van der Waals surface area contributed by atoms with Crippen LogP contribution in [0.25, 0.3) is 0 Å². The molecule has 3 rings (SSSR count). The molecule has 1 aromatic heterocycles. The zero-order chi connectivity index (χ0) is 21.0. The van der Waals surface area contributed by atoms with Gasteiger partial charge >= 0.3 is 0 Å². The summed E-state index contributed by atoms with van der Waals surface area (Å²) in [6, 6.07) is 11.4. The number of aromatic nitrogens is 2. The van der Waals surface area contributed by atoms with Gasteiger partial charge in [-0.3, -0.25) is 14.9 Å². The van der Waals surface area contributed by atoms with Crippen molar-refractivity contribution in [2.75, 3.05) is 12.4 Å². The number of amides is 1. The Morgan fingerprint density at radius 2 is 1.97 bits per heavy atom. The molecule has 0 aliphatic carbocycles. The predicted molar refractivity (Wildman–Crippen MR) is 106 cm³/mol. The highest BCUT2D eigenvalue weighted by Crippen LogP contribution is 2.29. The quantitative estimate of drug-likeness (QED) is 0.482. The Balaban J connectivity index is 1.68. The van der Waals surface area contributed by atoms with Gasteiger partial charge in [-0.1, -0.05) is 12.1 Å². The number of carbonyl (C=O) groups excluding carboxylic acids is 1. The van der Waals surface area contributed by atoms with Crippen LogP contribution in [-0.4, -0.2) is 27.7 Å². The van der Waals surface area contributed by atoms with E-state index in [-0.39, 0.29) is 23.9 Å². The van der Waals surface area contributed by atoms with Crippen LogP contribution in [0.1, 0.15) is 21.6 Å². The van der Waals surface area contributed by atoms with E-state index in [4.69, 9.17) is 9.47 Å². The highest BCUT2D eigenvalue weighted by atomic mass is 16.6. The highest BCUT2D eigenvalue weighted by molar-refractivity contribution is 6.03. The molecule has 0 fully saturated rings. The number of nitrogens with zero attached hydrogens (tertiary/aromatic N) is 3. The molecule has 0 radical (unpaired) electrons. The number of carbonyl (C=O) groups is 1. The number of benzene rings is 2. The monoisotopic (exact) mass is 396 g/mol. The molecule has 1 N–H and O–H groups in total. The summed E-state index contributed by atoms with van der Waals surface area (Å²) in [5, 5.41) is 17.7. The summed E-state index contributed by atoms with van der Waals surface area (Å²) in [5.41, 5.74) is 2.45. The van der Waals surface area contributed by atoms with Gasteiger partial charge in [0, 0.05) is 12.3 Å². The van der Waals surface area contributed by atoms with Gasteiger partial charge < -0.3 is 14.8 Å². The van der Waals surface area contributed by atoms with E-state index in [1.54, 1.807) is 12.3 Å². The highest BCUT2D eigenvalue weighted by Gasteiger charge is 2.16. The van der Waals surface area contributed by atoms with Gasteiger partial charge in [0.1, 0.15) is 11.5 Å². The average Bonchev–Trinajstić information content (AvgIpc) is 3.18. The fourth-order valence-electron chi connectivity index (χ4n) is 2.64. The number of non-ortho nitro benzene ring substituents is 1. The van der Waals surface area contributed by atoms with Crippen LogP contribution >= 0.6 is 0 Å². The molecule has 150 valence electrons. The molecule has 0 aliphatic heterocycles. The summed E-state index contributed by atoms with van der Waals surface area (Å²) in [6.45, 7) is 4.09. The minimum atomic E-state index is -0.536. The molecule has 0 saturated heterocycles. The van der Waals surface area contributed by atoms with Gasteiger partial charge in [0.05, 0.1) is 23.8 Å². The van der Waals surface area contributed by atoms with E-state index in [0.29, 0.717) is 5.69 Å². The zero-order valence-corrected chi connectivity index (χ0v) is 16.2. The van der Waals surface area contributed by atoms with E-state index >= 15 is 0 Å². The lowest BCUT2D eigenvalue weighted by molar-refractivity contribution is -0.384. The van der Waals surface area contributed by atoms with Gasteiger partial charge in [0.15, 0.2) is 12.4 Å². The van der Waals surface area contributed by atoms with E-state index in [9.17, 15) is 14.9 Å². The number of rotatable bonds is 7. The maximum atomic E-state index is 12.5. The van der Waals surface area contributed by atoms with Crippen molar-refractivity contribution in [1.82, 2.24) is 9.78 Å². The Kier molecular flexibility index (Phi) is 5.77. The van der Waals surface area contributed by atoms with Crippen molar-refractivity contribution in [3.05, 3.63) is 75.6 Å². The van der Waals surface area contributed by atoms with Crippen molar-refractivity contribution in [2.24, 2.45) is 0 Å². The molecule has 0 unspecified atom stereocenters. The molecule has 0 bridgehead atoms. The zero-order valence-electron chi connectivity index (χ0n) is 16.2. The Morgan fingerprint density at radius 3 is 2.69 bits per heavy atom. The van der Waals surface area contributed by atoms with Crippen LogP contribution in [0.5, 0.6) is 11.5 Å². The topological polar surface area (TPSA) is 109 Å². The minimum absolute atomic E-state index is 0.132. The summed E-state index contributed by atoms with van der Waals surface area (Å²) >= 11 is 0. The van der Waals surface area contributed by atoms with Crippen LogP contribution in [0, 0.1) is 24.0 Å². The largest absolute Gasteiger partial charge is 0.494 e. The molecular formula is C20H20N4O5. The van der Waals surface area contributed by atoms with Crippen molar-refractivity contribution < 1.29 is 19.2 Å². The van der Waals surface area contributed by atoms with E-state index in [1.807, 2.05) is 32.0 Å². The predicted octanol–water partition coefficient (Wildman–Crippen LogP) is 3.71. The fourth-order valence-corrected chi connectivity index (χ4v) is 2.64. The standard InChI is InChI=1S/C20H20N4O5/c1-13-4-5-14(2)18(10-13)29-12-23-9-8-17(22-23)20(25)21-16-7-6-15(24(26)27)11-19(16)28-3/h4-11H,12H2,1-3H3,(H,21,25). The van der Waals surface area contributed by atoms with Gasteiger partial charge in [-0.2, -0.15) is 5.10 Å². The van der Waals surface area contributed by atoms with Crippen molar-refractivity contribution in [3.8, 4) is 11.5 Å². The van der Waals surface area contributed by atoms with E-state index in [0.717, 1.165) is 16.9 Å². The second-order valence-electron chi connectivity index (χ2n) is 6.38. The first kappa shape index (κ1) is 19.9. The number of hydrogen-bond donors (Lipinski definition) is 1. The third kappa shape index (κ3) is 4.70. The number of nitro benzene ring substituents is 1.